The number of likely N-dealkylation sites (N-methyl/N-ethyl adjacent to an activating group) is 2. The summed E-state index contributed by atoms with van der Waals surface area (Å²) in [5.74, 6) is 0.694. The van der Waals surface area contributed by atoms with Gasteiger partial charge in [-0.1, -0.05) is 47.5 Å². The summed E-state index contributed by atoms with van der Waals surface area (Å²) in [4.78, 5) is 18.3. The van der Waals surface area contributed by atoms with Crippen LogP contribution in [0.15, 0.2) is 40.2 Å². The largest absolute Gasteiger partial charge is 0.370 e. The van der Waals surface area contributed by atoms with Crippen LogP contribution in [0.25, 0.3) is 0 Å². The van der Waals surface area contributed by atoms with E-state index < -0.39 is 10.0 Å². The number of carbonyl (C=O) groups is 1. The van der Waals surface area contributed by atoms with Crippen LogP contribution < -0.4 is 5.32 Å². The van der Waals surface area contributed by atoms with Crippen LogP contribution in [0.3, 0.4) is 0 Å². The molecule has 1 aliphatic heterocycles. The minimum atomic E-state index is -3.78. The van der Waals surface area contributed by atoms with Crippen molar-refractivity contribution in [1.82, 2.24) is 14.5 Å². The molecule has 0 saturated heterocycles. The van der Waals surface area contributed by atoms with Gasteiger partial charge in [-0.3, -0.25) is 9.79 Å². The molecule has 2 heterocycles. The van der Waals surface area contributed by atoms with E-state index in [0.717, 1.165) is 45.7 Å². The zero-order valence-electron chi connectivity index (χ0n) is 17.7. The zero-order chi connectivity index (χ0) is 23.3. The molecule has 32 heavy (non-hydrogen) atoms. The Hall–Kier alpha value is -1.69. The van der Waals surface area contributed by atoms with Crippen molar-refractivity contribution in [2.75, 3.05) is 46.9 Å². The van der Waals surface area contributed by atoms with E-state index in [1.165, 1.54) is 13.1 Å². The SMILES string of the molecule is CN(Cc1ccc(C2=NCCN2)cc1)C(=O)COCCN(C)S(=O)(=O)c1cc(Cl)sc1Cl. The Morgan fingerprint density at radius 1 is 1.25 bits per heavy atom. The highest BCUT2D eigenvalue weighted by atomic mass is 35.5. The number of nitrogens with one attached hydrogen (secondary N) is 1. The Morgan fingerprint density at radius 3 is 2.56 bits per heavy atom. The number of amides is 1. The summed E-state index contributed by atoms with van der Waals surface area (Å²) < 4.78 is 32.1. The predicted octanol–water partition coefficient (Wildman–Crippen LogP) is 2.70. The number of amidine groups is 1. The van der Waals surface area contributed by atoms with Crippen LogP contribution in [0.5, 0.6) is 0 Å². The van der Waals surface area contributed by atoms with Crippen molar-refractivity contribution in [1.29, 1.82) is 0 Å². The number of hydrogen-bond donors (Lipinski definition) is 1. The molecule has 8 nitrogen and oxygen atoms in total. The summed E-state index contributed by atoms with van der Waals surface area (Å²) >= 11 is 12.8. The minimum Gasteiger partial charge on any atom is -0.370 e. The molecule has 1 N–H and O–H groups in total. The molecule has 1 aromatic carbocycles. The topological polar surface area (TPSA) is 91.3 Å². The summed E-state index contributed by atoms with van der Waals surface area (Å²) in [5.41, 5.74) is 2.01. The van der Waals surface area contributed by atoms with Gasteiger partial charge in [0.15, 0.2) is 0 Å². The summed E-state index contributed by atoms with van der Waals surface area (Å²) in [5, 5.41) is 3.23. The Morgan fingerprint density at radius 2 is 1.97 bits per heavy atom. The van der Waals surface area contributed by atoms with Gasteiger partial charge in [0.2, 0.25) is 15.9 Å². The van der Waals surface area contributed by atoms with Gasteiger partial charge in [0.1, 0.15) is 21.7 Å². The lowest BCUT2D eigenvalue weighted by Gasteiger charge is -2.19. The molecule has 1 aromatic heterocycles. The molecule has 0 unspecified atom stereocenters. The molecule has 3 rings (SSSR count). The molecular formula is C20H24Cl2N4O4S2. The quantitative estimate of drug-likeness (QED) is 0.488. The second kappa shape index (κ2) is 11.0. The monoisotopic (exact) mass is 518 g/mol. The summed E-state index contributed by atoms with van der Waals surface area (Å²) in [7, 11) is -0.660. The van der Waals surface area contributed by atoms with Gasteiger partial charge in [-0.2, -0.15) is 4.31 Å². The van der Waals surface area contributed by atoms with E-state index in [0.29, 0.717) is 10.9 Å². The lowest BCUT2D eigenvalue weighted by atomic mass is 10.1. The molecule has 0 saturated carbocycles. The van der Waals surface area contributed by atoms with Crippen molar-refractivity contribution >= 4 is 56.3 Å². The van der Waals surface area contributed by atoms with E-state index in [-0.39, 0.29) is 34.9 Å². The molecule has 1 aliphatic rings. The Bertz CT molecular complexity index is 1090. The average Bonchev–Trinajstić information content (AvgIpc) is 3.41. The van der Waals surface area contributed by atoms with E-state index in [1.54, 1.807) is 11.9 Å². The van der Waals surface area contributed by atoms with E-state index in [4.69, 9.17) is 27.9 Å². The molecule has 0 radical (unpaired) electrons. The highest BCUT2D eigenvalue weighted by Gasteiger charge is 2.25. The number of benzene rings is 1. The summed E-state index contributed by atoms with van der Waals surface area (Å²) in [6.07, 6.45) is 0. The van der Waals surface area contributed by atoms with Crippen LogP contribution in [0.4, 0.5) is 0 Å². The van der Waals surface area contributed by atoms with Gasteiger partial charge in [0.05, 0.1) is 17.5 Å². The molecule has 174 valence electrons. The second-order valence-corrected chi connectivity index (χ2v) is 11.5. The fourth-order valence-electron chi connectivity index (χ4n) is 2.97. The molecular weight excluding hydrogens is 495 g/mol. The summed E-state index contributed by atoms with van der Waals surface area (Å²) in [6.45, 7) is 2.07. The molecule has 0 bridgehead atoms. The third-order valence-corrected chi connectivity index (χ3v) is 8.45. The zero-order valence-corrected chi connectivity index (χ0v) is 20.8. The van der Waals surface area contributed by atoms with Crippen LogP contribution in [0, 0.1) is 0 Å². The third-order valence-electron chi connectivity index (χ3n) is 4.84. The number of hydrogen-bond acceptors (Lipinski definition) is 7. The normalized spacial score (nSPS) is 13.8. The second-order valence-electron chi connectivity index (χ2n) is 7.17. The number of halogens is 2. The van der Waals surface area contributed by atoms with Crippen LogP contribution >= 0.6 is 34.5 Å². The van der Waals surface area contributed by atoms with Crippen LogP contribution in [-0.2, 0) is 26.1 Å². The smallest absolute Gasteiger partial charge is 0.248 e. The number of aliphatic imine (C=N–C) groups is 1. The highest BCUT2D eigenvalue weighted by molar-refractivity contribution is 7.89. The number of rotatable bonds is 10. The number of nitrogens with zero attached hydrogens (tertiary/aromatic N) is 3. The van der Waals surface area contributed by atoms with Crippen molar-refractivity contribution in [2.45, 2.75) is 11.4 Å². The van der Waals surface area contributed by atoms with Crippen LogP contribution in [0.2, 0.25) is 8.67 Å². The number of sulfonamides is 1. The Balaban J connectivity index is 1.42. The molecule has 0 aliphatic carbocycles. The summed E-state index contributed by atoms with van der Waals surface area (Å²) in [6, 6.07) is 9.20. The molecule has 2 aromatic rings. The first-order valence-corrected chi connectivity index (χ1v) is 12.8. The predicted molar refractivity (Wildman–Crippen MR) is 127 cm³/mol. The third kappa shape index (κ3) is 6.21. The first-order valence-electron chi connectivity index (χ1n) is 9.79. The van der Waals surface area contributed by atoms with Crippen LogP contribution in [-0.4, -0.2) is 76.3 Å². The molecule has 0 fully saturated rings. The highest BCUT2D eigenvalue weighted by Crippen LogP contribution is 2.35. The molecule has 0 atom stereocenters. The van der Waals surface area contributed by atoms with Crippen LogP contribution in [0.1, 0.15) is 11.1 Å². The Labute approximate surface area is 201 Å². The van der Waals surface area contributed by atoms with E-state index >= 15 is 0 Å². The van der Waals surface area contributed by atoms with Crippen molar-refractivity contribution in [3.05, 3.63) is 50.1 Å². The molecule has 0 spiro atoms. The first-order chi connectivity index (χ1) is 15.2. The van der Waals surface area contributed by atoms with E-state index in [1.807, 2.05) is 24.3 Å². The maximum absolute atomic E-state index is 12.6. The van der Waals surface area contributed by atoms with E-state index in [2.05, 4.69) is 10.3 Å². The lowest BCUT2D eigenvalue weighted by molar-refractivity contribution is -0.135. The maximum atomic E-state index is 12.6. The molecule has 12 heteroatoms. The van der Waals surface area contributed by atoms with Crippen molar-refractivity contribution in [2.24, 2.45) is 4.99 Å². The average molecular weight is 519 g/mol. The van der Waals surface area contributed by atoms with Gasteiger partial charge in [0, 0.05) is 39.3 Å². The van der Waals surface area contributed by atoms with Gasteiger partial charge in [-0.15, -0.1) is 11.3 Å². The van der Waals surface area contributed by atoms with E-state index in [9.17, 15) is 13.2 Å². The standard InChI is InChI=1S/C20H24Cl2N4O4S2/c1-25(12-14-3-5-15(6-4-14)20-23-7-8-24-20)18(27)13-30-10-9-26(2)32(28,29)16-11-17(21)31-19(16)22/h3-6,11H,7-10,12-13H2,1-2H3,(H,23,24). The minimum absolute atomic E-state index is 0.0331. The first kappa shape index (κ1) is 24.9. The van der Waals surface area contributed by atoms with Gasteiger partial charge >= 0.3 is 0 Å². The van der Waals surface area contributed by atoms with Gasteiger partial charge in [-0.05, 0) is 11.6 Å². The van der Waals surface area contributed by atoms with Gasteiger partial charge < -0.3 is 15.0 Å². The number of ether oxygens (including phenoxy) is 1. The fourth-order valence-corrected chi connectivity index (χ4v) is 6.24. The Kier molecular flexibility index (Phi) is 8.54. The fraction of sp³-hybridized carbons (Fsp3) is 0.400. The molecule has 1 amide bonds. The van der Waals surface area contributed by atoms with Crippen molar-refractivity contribution in [3.8, 4) is 0 Å². The number of carbonyl (C=O) groups excluding carboxylic acids is 1. The lowest BCUT2D eigenvalue weighted by Crippen LogP contribution is -2.33. The van der Waals surface area contributed by atoms with Crippen molar-refractivity contribution in [3.63, 3.8) is 0 Å². The maximum Gasteiger partial charge on any atom is 0.248 e. The van der Waals surface area contributed by atoms with Crippen molar-refractivity contribution < 1.29 is 17.9 Å². The van der Waals surface area contributed by atoms with Gasteiger partial charge in [0.25, 0.3) is 0 Å². The number of thiophene rings is 1. The van der Waals surface area contributed by atoms with Gasteiger partial charge in [-0.25, -0.2) is 8.42 Å².